The molecule has 2 atom stereocenters. The number of anilines is 2. The molecule has 0 aliphatic carbocycles. The third kappa shape index (κ3) is 2.12. The van der Waals surface area contributed by atoms with Gasteiger partial charge in [-0.05, 0) is 18.6 Å². The molecule has 2 aliphatic rings. The van der Waals surface area contributed by atoms with Crippen molar-refractivity contribution >= 4 is 17.5 Å². The maximum absolute atomic E-state index is 11.3. The number of amides is 1. The van der Waals surface area contributed by atoms with Crippen LogP contribution in [0.2, 0.25) is 0 Å². The van der Waals surface area contributed by atoms with Crippen LogP contribution in [-0.2, 0) is 0 Å². The Morgan fingerprint density at radius 3 is 2.43 bits per heavy atom. The number of para-hydroxylation sites is 1. The molecule has 4 rings (SSSR count). The van der Waals surface area contributed by atoms with Crippen LogP contribution in [0.1, 0.15) is 15.9 Å². The molecule has 23 heavy (non-hydrogen) atoms. The number of rotatable bonds is 3. The first-order valence-electron chi connectivity index (χ1n) is 7.54. The summed E-state index contributed by atoms with van der Waals surface area (Å²) in [6.45, 7) is 3.97. The van der Waals surface area contributed by atoms with Crippen LogP contribution < -0.4 is 15.3 Å². The molecule has 1 aromatic heterocycles. The van der Waals surface area contributed by atoms with E-state index in [2.05, 4.69) is 51.0 Å². The van der Waals surface area contributed by atoms with Gasteiger partial charge in [0.1, 0.15) is 0 Å². The van der Waals surface area contributed by atoms with E-state index in [1.54, 1.807) is 5.48 Å². The Labute approximate surface area is 133 Å². The number of nitrogens with one attached hydrogen (secondary N) is 1. The van der Waals surface area contributed by atoms with Crippen molar-refractivity contribution in [2.45, 2.75) is 19.0 Å². The molecule has 2 aliphatic heterocycles. The zero-order chi connectivity index (χ0) is 16.0. The van der Waals surface area contributed by atoms with Crippen molar-refractivity contribution in [2.75, 3.05) is 22.9 Å². The van der Waals surface area contributed by atoms with Crippen molar-refractivity contribution in [2.24, 2.45) is 0 Å². The van der Waals surface area contributed by atoms with Gasteiger partial charge in [-0.2, -0.15) is 0 Å². The van der Waals surface area contributed by atoms with Gasteiger partial charge in [0.2, 0.25) is 5.95 Å². The second-order valence-electron chi connectivity index (χ2n) is 5.94. The predicted molar refractivity (Wildman–Crippen MR) is 84.7 cm³/mol. The average Bonchev–Trinajstić information content (AvgIpc) is 2.57. The third-order valence-electron chi connectivity index (χ3n) is 4.70. The topological polar surface area (TPSA) is 81.6 Å². The van der Waals surface area contributed by atoms with Gasteiger partial charge in [0, 0.05) is 31.2 Å². The molecule has 0 saturated carbocycles. The fraction of sp³-hybridized carbons (Fsp3) is 0.312. The van der Waals surface area contributed by atoms with Crippen molar-refractivity contribution in [1.82, 2.24) is 15.4 Å². The summed E-state index contributed by atoms with van der Waals surface area (Å²) in [6.07, 6.45) is 2.86. The van der Waals surface area contributed by atoms with Crippen LogP contribution in [0.15, 0.2) is 36.7 Å². The number of hydrogen-bond donors (Lipinski definition) is 2. The van der Waals surface area contributed by atoms with E-state index in [0.717, 1.165) is 13.1 Å². The first kappa shape index (κ1) is 14.0. The van der Waals surface area contributed by atoms with Gasteiger partial charge >= 0.3 is 0 Å². The molecule has 0 spiro atoms. The number of fused-ring (bicyclic) bond motifs is 1. The van der Waals surface area contributed by atoms with E-state index in [9.17, 15) is 4.79 Å². The number of hydroxylamine groups is 1. The van der Waals surface area contributed by atoms with E-state index < -0.39 is 5.91 Å². The lowest BCUT2D eigenvalue weighted by Crippen LogP contribution is -2.79. The van der Waals surface area contributed by atoms with Crippen LogP contribution in [0.25, 0.3) is 0 Å². The minimum atomic E-state index is -0.604. The zero-order valence-corrected chi connectivity index (χ0v) is 12.7. The molecule has 2 aromatic rings. The van der Waals surface area contributed by atoms with Crippen molar-refractivity contribution in [3.8, 4) is 0 Å². The molecule has 3 heterocycles. The highest BCUT2D eigenvalue weighted by atomic mass is 16.5. The fourth-order valence-electron chi connectivity index (χ4n) is 3.30. The summed E-state index contributed by atoms with van der Waals surface area (Å²) in [5.41, 5.74) is 4.40. The Kier molecular flexibility index (Phi) is 3.16. The molecule has 7 heteroatoms. The standard InChI is InChI=1S/C16H17N5O2/c1-10-4-2-3-5-12(10)20-8-14-13(20)9-21(14)16-17-6-11(7-18-16)15(22)19-23/h2-7,13-14,23H,8-9H2,1H3,(H,19,22). The van der Waals surface area contributed by atoms with Gasteiger partial charge < -0.3 is 9.80 Å². The highest BCUT2D eigenvalue weighted by molar-refractivity contribution is 5.92. The summed E-state index contributed by atoms with van der Waals surface area (Å²) in [6, 6.07) is 9.34. The van der Waals surface area contributed by atoms with E-state index in [-0.39, 0.29) is 5.56 Å². The maximum Gasteiger partial charge on any atom is 0.277 e. The van der Waals surface area contributed by atoms with Gasteiger partial charge in [-0.25, -0.2) is 15.4 Å². The van der Waals surface area contributed by atoms with Crippen molar-refractivity contribution in [3.05, 3.63) is 47.8 Å². The Hall–Kier alpha value is -2.67. The van der Waals surface area contributed by atoms with Gasteiger partial charge in [-0.1, -0.05) is 18.2 Å². The second kappa shape index (κ2) is 5.20. The lowest BCUT2D eigenvalue weighted by molar-refractivity contribution is 0.0705. The maximum atomic E-state index is 11.3. The Bertz CT molecular complexity index is 748. The molecule has 1 amide bonds. The lowest BCUT2D eigenvalue weighted by atomic mass is 9.84. The molecule has 0 bridgehead atoms. The smallest absolute Gasteiger partial charge is 0.277 e. The van der Waals surface area contributed by atoms with Crippen LogP contribution in [0, 0.1) is 6.92 Å². The largest absolute Gasteiger partial charge is 0.362 e. The van der Waals surface area contributed by atoms with Crippen LogP contribution in [0.5, 0.6) is 0 Å². The molecular weight excluding hydrogens is 294 g/mol. The van der Waals surface area contributed by atoms with Gasteiger partial charge in [0.05, 0.1) is 17.6 Å². The Balaban J connectivity index is 1.44. The number of aryl methyl sites for hydroxylation is 1. The molecule has 118 valence electrons. The van der Waals surface area contributed by atoms with E-state index in [4.69, 9.17) is 5.21 Å². The van der Waals surface area contributed by atoms with Crippen LogP contribution in [-0.4, -0.2) is 46.3 Å². The number of hydrogen-bond acceptors (Lipinski definition) is 6. The van der Waals surface area contributed by atoms with E-state index >= 15 is 0 Å². The number of piperazine rings is 1. The van der Waals surface area contributed by atoms with Gasteiger partial charge in [-0.15, -0.1) is 0 Å². The summed E-state index contributed by atoms with van der Waals surface area (Å²) in [5, 5.41) is 8.60. The first-order chi connectivity index (χ1) is 11.2. The molecular formula is C16H17N5O2. The molecule has 0 radical (unpaired) electrons. The summed E-state index contributed by atoms with van der Waals surface area (Å²) in [5.74, 6) is 0.0255. The van der Waals surface area contributed by atoms with Gasteiger partial charge in [0.15, 0.2) is 0 Å². The molecule has 2 saturated heterocycles. The van der Waals surface area contributed by atoms with E-state index in [0.29, 0.717) is 18.0 Å². The van der Waals surface area contributed by atoms with E-state index in [1.165, 1.54) is 23.6 Å². The minimum absolute atomic E-state index is 0.239. The normalized spacial score (nSPS) is 22.0. The highest BCUT2D eigenvalue weighted by Gasteiger charge is 2.52. The second-order valence-corrected chi connectivity index (χ2v) is 5.94. The monoisotopic (exact) mass is 311 g/mol. The lowest BCUT2D eigenvalue weighted by Gasteiger charge is -2.62. The number of aromatic nitrogens is 2. The molecule has 2 fully saturated rings. The van der Waals surface area contributed by atoms with Crippen molar-refractivity contribution in [3.63, 3.8) is 0 Å². The predicted octanol–water partition coefficient (Wildman–Crippen LogP) is 0.981. The molecule has 1 aromatic carbocycles. The summed E-state index contributed by atoms with van der Waals surface area (Å²) < 4.78 is 0. The minimum Gasteiger partial charge on any atom is -0.362 e. The van der Waals surface area contributed by atoms with Crippen LogP contribution >= 0.6 is 0 Å². The van der Waals surface area contributed by atoms with Crippen LogP contribution in [0.4, 0.5) is 11.6 Å². The average molecular weight is 311 g/mol. The number of nitrogens with zero attached hydrogens (tertiary/aromatic N) is 4. The molecule has 2 unspecified atom stereocenters. The summed E-state index contributed by atoms with van der Waals surface area (Å²) in [4.78, 5) is 24.3. The Morgan fingerprint density at radius 2 is 1.83 bits per heavy atom. The Morgan fingerprint density at radius 1 is 1.17 bits per heavy atom. The zero-order valence-electron chi connectivity index (χ0n) is 12.7. The van der Waals surface area contributed by atoms with Crippen LogP contribution in [0.3, 0.4) is 0 Å². The van der Waals surface area contributed by atoms with Crippen molar-refractivity contribution < 1.29 is 10.0 Å². The number of carbonyl (C=O) groups excluding carboxylic acids is 1. The number of benzene rings is 1. The van der Waals surface area contributed by atoms with E-state index in [1.807, 2.05) is 0 Å². The molecule has 2 N–H and O–H groups in total. The highest BCUT2D eigenvalue weighted by Crippen LogP contribution is 2.39. The SMILES string of the molecule is Cc1ccccc1N1CC2C1CN2c1ncc(C(=O)NO)cn1. The van der Waals surface area contributed by atoms with Crippen molar-refractivity contribution in [1.29, 1.82) is 0 Å². The van der Waals surface area contributed by atoms with Gasteiger partial charge in [0.25, 0.3) is 5.91 Å². The third-order valence-corrected chi connectivity index (χ3v) is 4.70. The quantitative estimate of drug-likeness (QED) is 0.650. The first-order valence-corrected chi connectivity index (χ1v) is 7.54. The summed E-state index contributed by atoms with van der Waals surface area (Å²) >= 11 is 0. The molecule has 7 nitrogen and oxygen atoms in total. The number of carbonyl (C=O) groups is 1. The summed E-state index contributed by atoms with van der Waals surface area (Å²) in [7, 11) is 0. The van der Waals surface area contributed by atoms with Gasteiger partial charge in [-0.3, -0.25) is 10.0 Å². The fourth-order valence-corrected chi connectivity index (χ4v) is 3.30.